The van der Waals surface area contributed by atoms with E-state index in [9.17, 15) is 0 Å². The van der Waals surface area contributed by atoms with Gasteiger partial charge in [-0.3, -0.25) is 4.98 Å². The van der Waals surface area contributed by atoms with Crippen molar-refractivity contribution in [2.75, 3.05) is 0 Å². The quantitative estimate of drug-likeness (QED) is 0.752. The minimum absolute atomic E-state index is 0.0908. The Morgan fingerprint density at radius 2 is 1.68 bits per heavy atom. The molecule has 2 aromatic carbocycles. The summed E-state index contributed by atoms with van der Waals surface area (Å²) in [5.41, 5.74) is 10.6. The number of aromatic nitrogens is 1. The molecule has 1 heterocycles. The lowest BCUT2D eigenvalue weighted by Crippen LogP contribution is -2.11. The predicted molar refractivity (Wildman–Crippen MR) is 79.0 cm³/mol. The molecule has 1 atom stereocenters. The molecule has 0 saturated heterocycles. The lowest BCUT2D eigenvalue weighted by molar-refractivity contribution is 0.873. The number of hydrogen-bond acceptors (Lipinski definition) is 2. The van der Waals surface area contributed by atoms with Crippen molar-refractivity contribution in [2.24, 2.45) is 5.73 Å². The average Bonchev–Trinajstić information content (AvgIpc) is 2.47. The summed E-state index contributed by atoms with van der Waals surface area (Å²) in [5, 5.41) is 1.13. The molecule has 0 aliphatic heterocycles. The van der Waals surface area contributed by atoms with E-state index in [0.717, 1.165) is 27.7 Å². The molecular weight excluding hydrogens is 232 g/mol. The van der Waals surface area contributed by atoms with Gasteiger partial charge in [0, 0.05) is 11.1 Å². The molecule has 0 bridgehead atoms. The first-order chi connectivity index (χ1) is 9.24. The third-order valence-electron chi connectivity index (χ3n) is 3.37. The first kappa shape index (κ1) is 11.9. The molecule has 2 heteroatoms. The molecule has 94 valence electrons. The molecule has 0 amide bonds. The molecule has 3 aromatic rings. The SMILES string of the molecule is Cc1ccc2cc(C(N)c3ccccc3)ccc2n1. The normalized spacial score (nSPS) is 12.5. The fourth-order valence-electron chi connectivity index (χ4n) is 2.29. The molecule has 2 N–H and O–H groups in total. The van der Waals surface area contributed by atoms with Crippen molar-refractivity contribution < 1.29 is 0 Å². The maximum absolute atomic E-state index is 6.32. The second kappa shape index (κ2) is 4.82. The molecule has 3 rings (SSSR count). The third kappa shape index (κ3) is 2.35. The minimum atomic E-state index is -0.0908. The lowest BCUT2D eigenvalue weighted by atomic mass is 9.98. The number of aryl methyl sites for hydroxylation is 1. The van der Waals surface area contributed by atoms with Gasteiger partial charge in [0.25, 0.3) is 0 Å². The highest BCUT2D eigenvalue weighted by Gasteiger charge is 2.09. The smallest absolute Gasteiger partial charge is 0.0705 e. The Morgan fingerprint density at radius 1 is 0.895 bits per heavy atom. The van der Waals surface area contributed by atoms with Gasteiger partial charge in [0.1, 0.15) is 0 Å². The highest BCUT2D eigenvalue weighted by molar-refractivity contribution is 5.79. The van der Waals surface area contributed by atoms with Gasteiger partial charge in [0.15, 0.2) is 0 Å². The van der Waals surface area contributed by atoms with Crippen LogP contribution in [-0.2, 0) is 0 Å². The van der Waals surface area contributed by atoms with Crippen LogP contribution in [-0.4, -0.2) is 4.98 Å². The standard InChI is InChI=1S/C17H16N2/c1-12-7-8-14-11-15(9-10-16(14)19-12)17(18)13-5-3-2-4-6-13/h2-11,17H,18H2,1H3. The number of nitrogens with zero attached hydrogens (tertiary/aromatic N) is 1. The van der Waals surface area contributed by atoms with Gasteiger partial charge in [-0.15, -0.1) is 0 Å². The van der Waals surface area contributed by atoms with Crippen LogP contribution in [0.4, 0.5) is 0 Å². The first-order valence-electron chi connectivity index (χ1n) is 6.42. The topological polar surface area (TPSA) is 38.9 Å². The third-order valence-corrected chi connectivity index (χ3v) is 3.37. The summed E-state index contributed by atoms with van der Waals surface area (Å²) in [6, 6.07) is 20.4. The van der Waals surface area contributed by atoms with E-state index < -0.39 is 0 Å². The summed E-state index contributed by atoms with van der Waals surface area (Å²) in [7, 11) is 0. The molecule has 0 fully saturated rings. The van der Waals surface area contributed by atoms with E-state index in [4.69, 9.17) is 5.73 Å². The van der Waals surface area contributed by atoms with Crippen molar-refractivity contribution in [2.45, 2.75) is 13.0 Å². The van der Waals surface area contributed by atoms with Gasteiger partial charge in [0.2, 0.25) is 0 Å². The van der Waals surface area contributed by atoms with Gasteiger partial charge in [0.05, 0.1) is 11.6 Å². The van der Waals surface area contributed by atoms with Crippen molar-refractivity contribution in [1.82, 2.24) is 4.98 Å². The molecular formula is C17H16N2. The zero-order valence-electron chi connectivity index (χ0n) is 10.9. The largest absolute Gasteiger partial charge is 0.320 e. The highest BCUT2D eigenvalue weighted by Crippen LogP contribution is 2.23. The molecule has 2 nitrogen and oxygen atoms in total. The Kier molecular flexibility index (Phi) is 3.02. The van der Waals surface area contributed by atoms with Crippen molar-refractivity contribution in [3.8, 4) is 0 Å². The van der Waals surface area contributed by atoms with E-state index in [1.165, 1.54) is 0 Å². The Bertz CT molecular complexity index is 705. The number of rotatable bonds is 2. The maximum atomic E-state index is 6.32. The summed E-state index contributed by atoms with van der Waals surface area (Å²) in [6.07, 6.45) is 0. The zero-order chi connectivity index (χ0) is 13.2. The summed E-state index contributed by atoms with van der Waals surface area (Å²) in [4.78, 5) is 4.51. The first-order valence-corrected chi connectivity index (χ1v) is 6.42. The van der Waals surface area contributed by atoms with Crippen LogP contribution >= 0.6 is 0 Å². The van der Waals surface area contributed by atoms with Gasteiger partial charge in [-0.25, -0.2) is 0 Å². The van der Waals surface area contributed by atoms with Crippen LogP contribution in [0.2, 0.25) is 0 Å². The van der Waals surface area contributed by atoms with Crippen LogP contribution in [0.5, 0.6) is 0 Å². The second-order valence-corrected chi connectivity index (χ2v) is 4.79. The molecule has 0 radical (unpaired) electrons. The Labute approximate surface area is 112 Å². The highest BCUT2D eigenvalue weighted by atomic mass is 14.7. The van der Waals surface area contributed by atoms with Crippen molar-refractivity contribution in [3.63, 3.8) is 0 Å². The van der Waals surface area contributed by atoms with E-state index >= 15 is 0 Å². The Morgan fingerprint density at radius 3 is 2.47 bits per heavy atom. The number of nitrogens with two attached hydrogens (primary N) is 1. The van der Waals surface area contributed by atoms with Crippen molar-refractivity contribution in [3.05, 3.63) is 77.5 Å². The summed E-state index contributed by atoms with van der Waals surface area (Å²) >= 11 is 0. The fraction of sp³-hybridized carbons (Fsp3) is 0.118. The molecule has 1 aromatic heterocycles. The molecule has 0 spiro atoms. The number of benzene rings is 2. The number of pyridine rings is 1. The summed E-state index contributed by atoms with van der Waals surface area (Å²) in [5.74, 6) is 0. The lowest BCUT2D eigenvalue weighted by Gasteiger charge is -2.13. The fourth-order valence-corrected chi connectivity index (χ4v) is 2.29. The molecule has 0 aliphatic carbocycles. The molecule has 0 aliphatic rings. The van der Waals surface area contributed by atoms with Gasteiger partial charge in [-0.05, 0) is 36.2 Å². The van der Waals surface area contributed by atoms with Gasteiger partial charge in [-0.1, -0.05) is 42.5 Å². The number of hydrogen-bond donors (Lipinski definition) is 1. The van der Waals surface area contributed by atoms with Crippen LogP contribution in [0, 0.1) is 6.92 Å². The van der Waals surface area contributed by atoms with E-state index in [-0.39, 0.29) is 6.04 Å². The van der Waals surface area contributed by atoms with Crippen LogP contribution in [0.15, 0.2) is 60.7 Å². The van der Waals surface area contributed by atoms with Gasteiger partial charge >= 0.3 is 0 Å². The van der Waals surface area contributed by atoms with E-state index in [0.29, 0.717) is 0 Å². The maximum Gasteiger partial charge on any atom is 0.0705 e. The van der Waals surface area contributed by atoms with Crippen molar-refractivity contribution >= 4 is 10.9 Å². The number of fused-ring (bicyclic) bond motifs is 1. The van der Waals surface area contributed by atoms with E-state index in [1.807, 2.05) is 37.3 Å². The summed E-state index contributed by atoms with van der Waals surface area (Å²) in [6.45, 7) is 2.00. The Hall–Kier alpha value is -2.19. The van der Waals surface area contributed by atoms with Gasteiger partial charge in [-0.2, -0.15) is 0 Å². The Balaban J connectivity index is 2.04. The average molecular weight is 248 g/mol. The molecule has 19 heavy (non-hydrogen) atoms. The van der Waals surface area contributed by atoms with Crippen LogP contribution < -0.4 is 5.73 Å². The van der Waals surface area contributed by atoms with E-state index in [1.54, 1.807) is 0 Å². The van der Waals surface area contributed by atoms with Gasteiger partial charge < -0.3 is 5.73 Å². The second-order valence-electron chi connectivity index (χ2n) is 4.79. The molecule has 1 unspecified atom stereocenters. The van der Waals surface area contributed by atoms with Crippen LogP contribution in [0.25, 0.3) is 10.9 Å². The summed E-state index contributed by atoms with van der Waals surface area (Å²) < 4.78 is 0. The molecule has 0 saturated carbocycles. The van der Waals surface area contributed by atoms with Crippen LogP contribution in [0.1, 0.15) is 22.9 Å². The predicted octanol–water partition coefficient (Wildman–Crippen LogP) is 3.59. The monoisotopic (exact) mass is 248 g/mol. The zero-order valence-corrected chi connectivity index (χ0v) is 10.9. The van der Waals surface area contributed by atoms with E-state index in [2.05, 4.69) is 35.3 Å². The van der Waals surface area contributed by atoms with Crippen LogP contribution in [0.3, 0.4) is 0 Å². The van der Waals surface area contributed by atoms with Crippen molar-refractivity contribution in [1.29, 1.82) is 0 Å². The minimum Gasteiger partial charge on any atom is -0.320 e.